The number of amides is 2. The van der Waals surface area contributed by atoms with Crippen LogP contribution in [0.15, 0.2) is 0 Å². The van der Waals surface area contributed by atoms with Crippen LogP contribution < -0.4 is 0 Å². The van der Waals surface area contributed by atoms with Crippen LogP contribution in [0.4, 0.5) is 4.79 Å². The molecular formula is C10H22N2O2. The molecule has 4 nitrogen and oxygen atoms in total. The monoisotopic (exact) mass is 202 g/mol. The topological polar surface area (TPSA) is 32.8 Å². The van der Waals surface area contributed by atoms with E-state index in [1.54, 1.807) is 23.9 Å². The maximum Gasteiger partial charge on any atom is 0.319 e. The van der Waals surface area contributed by atoms with Crippen molar-refractivity contribution in [1.82, 2.24) is 9.80 Å². The molecule has 4 heteroatoms. The molecular weight excluding hydrogens is 180 g/mol. The lowest BCUT2D eigenvalue weighted by molar-refractivity contribution is 0.0653. The molecule has 0 atom stereocenters. The molecule has 0 aromatic heterocycles. The number of hydrogen-bond donors (Lipinski definition) is 0. The maximum atomic E-state index is 11.5. The fourth-order valence-corrected chi connectivity index (χ4v) is 0.948. The van der Waals surface area contributed by atoms with E-state index in [-0.39, 0.29) is 12.1 Å². The normalized spacial score (nSPS) is 10.4. The predicted octanol–water partition coefficient (Wildman–Crippen LogP) is 1.41. The van der Waals surface area contributed by atoms with Crippen molar-refractivity contribution in [3.63, 3.8) is 0 Å². The summed E-state index contributed by atoms with van der Waals surface area (Å²) in [5.41, 5.74) is 0. The second-order valence-electron chi connectivity index (χ2n) is 3.64. The fourth-order valence-electron chi connectivity index (χ4n) is 0.948. The van der Waals surface area contributed by atoms with Gasteiger partial charge in [-0.25, -0.2) is 4.79 Å². The summed E-state index contributed by atoms with van der Waals surface area (Å²) < 4.78 is 5.36. The Hall–Kier alpha value is -0.770. The first kappa shape index (κ1) is 13.2. The molecule has 14 heavy (non-hydrogen) atoms. The zero-order chi connectivity index (χ0) is 11.1. The van der Waals surface area contributed by atoms with E-state index in [2.05, 4.69) is 0 Å². The van der Waals surface area contributed by atoms with E-state index < -0.39 is 0 Å². The van der Waals surface area contributed by atoms with E-state index in [1.165, 1.54) is 0 Å². The van der Waals surface area contributed by atoms with Crippen LogP contribution in [-0.4, -0.2) is 55.7 Å². The van der Waals surface area contributed by atoms with Gasteiger partial charge < -0.3 is 14.5 Å². The Kier molecular flexibility index (Phi) is 6.28. The summed E-state index contributed by atoms with van der Waals surface area (Å²) in [5, 5.41) is 0. The molecule has 0 heterocycles. The highest BCUT2D eigenvalue weighted by atomic mass is 16.5. The van der Waals surface area contributed by atoms with Gasteiger partial charge in [0.05, 0.1) is 12.7 Å². The van der Waals surface area contributed by atoms with Gasteiger partial charge in [-0.3, -0.25) is 0 Å². The van der Waals surface area contributed by atoms with Gasteiger partial charge in [0.25, 0.3) is 0 Å². The highest BCUT2D eigenvalue weighted by molar-refractivity contribution is 5.73. The molecule has 84 valence electrons. The molecule has 0 N–H and O–H groups in total. The number of carbonyl (C=O) groups excluding carboxylic acids is 1. The van der Waals surface area contributed by atoms with E-state index in [9.17, 15) is 4.79 Å². The minimum absolute atomic E-state index is 0.0415. The standard InChI is InChI=1S/C10H22N2O2/c1-6-11(4)10(13)12(5)7-8-14-9(2)3/h9H,6-8H2,1-5H3. The summed E-state index contributed by atoms with van der Waals surface area (Å²) in [6.45, 7) is 7.89. The van der Waals surface area contributed by atoms with Gasteiger partial charge in [-0.15, -0.1) is 0 Å². The highest BCUT2D eigenvalue weighted by Crippen LogP contribution is 1.94. The van der Waals surface area contributed by atoms with E-state index in [1.807, 2.05) is 20.8 Å². The van der Waals surface area contributed by atoms with E-state index in [4.69, 9.17) is 4.74 Å². The van der Waals surface area contributed by atoms with Crippen LogP contribution in [-0.2, 0) is 4.74 Å². The first-order valence-electron chi connectivity index (χ1n) is 5.06. The zero-order valence-corrected chi connectivity index (χ0v) is 9.91. The third-order valence-corrected chi connectivity index (χ3v) is 2.01. The Morgan fingerprint density at radius 2 is 1.86 bits per heavy atom. The molecule has 0 rings (SSSR count). The Morgan fingerprint density at radius 3 is 2.29 bits per heavy atom. The average molecular weight is 202 g/mol. The number of likely N-dealkylation sites (N-methyl/N-ethyl adjacent to an activating group) is 1. The Labute approximate surface area is 86.8 Å². The summed E-state index contributed by atoms with van der Waals surface area (Å²) in [4.78, 5) is 14.9. The predicted molar refractivity (Wildman–Crippen MR) is 57.4 cm³/mol. The molecule has 0 spiro atoms. The number of nitrogens with zero attached hydrogens (tertiary/aromatic N) is 2. The highest BCUT2D eigenvalue weighted by Gasteiger charge is 2.11. The fraction of sp³-hybridized carbons (Fsp3) is 0.900. The van der Waals surface area contributed by atoms with Crippen molar-refractivity contribution in [2.75, 3.05) is 33.8 Å². The van der Waals surface area contributed by atoms with Crippen LogP contribution in [0, 0.1) is 0 Å². The van der Waals surface area contributed by atoms with Gasteiger partial charge in [0.2, 0.25) is 0 Å². The quantitative estimate of drug-likeness (QED) is 0.675. The number of carbonyl (C=O) groups is 1. The maximum absolute atomic E-state index is 11.5. The second-order valence-corrected chi connectivity index (χ2v) is 3.64. The van der Waals surface area contributed by atoms with Gasteiger partial charge in [0.15, 0.2) is 0 Å². The van der Waals surface area contributed by atoms with Crippen LogP contribution in [0.25, 0.3) is 0 Å². The van der Waals surface area contributed by atoms with Crippen molar-refractivity contribution in [3.8, 4) is 0 Å². The number of ether oxygens (including phenoxy) is 1. The summed E-state index contributed by atoms with van der Waals surface area (Å²) >= 11 is 0. The minimum Gasteiger partial charge on any atom is -0.377 e. The van der Waals surface area contributed by atoms with Crippen LogP contribution in [0.5, 0.6) is 0 Å². The van der Waals surface area contributed by atoms with Crippen LogP contribution in [0.1, 0.15) is 20.8 Å². The molecule has 0 saturated heterocycles. The van der Waals surface area contributed by atoms with Crippen molar-refractivity contribution in [3.05, 3.63) is 0 Å². The molecule has 0 aromatic rings. The van der Waals surface area contributed by atoms with Crippen LogP contribution >= 0.6 is 0 Å². The summed E-state index contributed by atoms with van der Waals surface area (Å²) in [6.07, 6.45) is 0.224. The van der Waals surface area contributed by atoms with Gasteiger partial charge in [0, 0.05) is 27.2 Å². The molecule has 0 aromatic carbocycles. The Morgan fingerprint density at radius 1 is 1.29 bits per heavy atom. The average Bonchev–Trinajstić information content (AvgIpc) is 2.14. The first-order valence-corrected chi connectivity index (χ1v) is 5.06. The Balaban J connectivity index is 3.73. The third kappa shape index (κ3) is 5.07. The third-order valence-electron chi connectivity index (χ3n) is 2.01. The lowest BCUT2D eigenvalue weighted by Gasteiger charge is -2.24. The molecule has 0 fully saturated rings. The van der Waals surface area contributed by atoms with Gasteiger partial charge in [-0.1, -0.05) is 0 Å². The van der Waals surface area contributed by atoms with Gasteiger partial charge >= 0.3 is 6.03 Å². The second kappa shape index (κ2) is 6.65. The number of rotatable bonds is 5. The summed E-state index contributed by atoms with van der Waals surface area (Å²) in [5.74, 6) is 0. The summed E-state index contributed by atoms with van der Waals surface area (Å²) in [7, 11) is 3.58. The molecule has 0 aliphatic heterocycles. The lowest BCUT2D eigenvalue weighted by atomic mass is 10.5. The molecule has 2 amide bonds. The SMILES string of the molecule is CCN(C)C(=O)N(C)CCOC(C)C. The molecule has 0 saturated carbocycles. The number of hydrogen-bond acceptors (Lipinski definition) is 2. The van der Waals surface area contributed by atoms with Gasteiger partial charge in [-0.2, -0.15) is 0 Å². The van der Waals surface area contributed by atoms with Crippen molar-refractivity contribution in [2.24, 2.45) is 0 Å². The van der Waals surface area contributed by atoms with Gasteiger partial charge in [-0.05, 0) is 20.8 Å². The Bertz CT molecular complexity index is 172. The molecule has 0 aliphatic carbocycles. The van der Waals surface area contributed by atoms with E-state index >= 15 is 0 Å². The molecule has 0 radical (unpaired) electrons. The van der Waals surface area contributed by atoms with Crippen molar-refractivity contribution in [2.45, 2.75) is 26.9 Å². The lowest BCUT2D eigenvalue weighted by Crippen LogP contribution is -2.40. The van der Waals surface area contributed by atoms with E-state index in [0.29, 0.717) is 13.2 Å². The minimum atomic E-state index is 0.0415. The first-order chi connectivity index (χ1) is 6.49. The van der Waals surface area contributed by atoms with E-state index in [0.717, 1.165) is 6.54 Å². The smallest absolute Gasteiger partial charge is 0.319 e. The van der Waals surface area contributed by atoms with Crippen LogP contribution in [0.2, 0.25) is 0 Å². The van der Waals surface area contributed by atoms with Crippen molar-refractivity contribution < 1.29 is 9.53 Å². The largest absolute Gasteiger partial charge is 0.377 e. The zero-order valence-electron chi connectivity index (χ0n) is 9.91. The van der Waals surface area contributed by atoms with Gasteiger partial charge in [0.1, 0.15) is 0 Å². The number of urea groups is 1. The molecule has 0 bridgehead atoms. The molecule has 0 unspecified atom stereocenters. The molecule has 0 aliphatic rings. The van der Waals surface area contributed by atoms with Crippen molar-refractivity contribution in [1.29, 1.82) is 0 Å². The van der Waals surface area contributed by atoms with Crippen molar-refractivity contribution >= 4 is 6.03 Å². The van der Waals surface area contributed by atoms with Crippen LogP contribution in [0.3, 0.4) is 0 Å². The summed E-state index contributed by atoms with van der Waals surface area (Å²) in [6, 6.07) is 0.0415.